The van der Waals surface area contributed by atoms with Gasteiger partial charge in [0.2, 0.25) is 5.91 Å². The van der Waals surface area contributed by atoms with Gasteiger partial charge in [0.15, 0.2) is 0 Å². The number of halogens is 2. The average molecular weight is 392 g/mol. The molecular weight excluding hydrogens is 376 g/mol. The summed E-state index contributed by atoms with van der Waals surface area (Å²) >= 11 is 6.81. The van der Waals surface area contributed by atoms with E-state index in [9.17, 15) is 4.79 Å². The first-order valence-electron chi connectivity index (χ1n) is 5.93. The highest BCUT2D eigenvalue weighted by atomic mass is 79.9. The maximum atomic E-state index is 11.4. The summed E-state index contributed by atoms with van der Waals surface area (Å²) in [6.07, 6.45) is 3.92. The Morgan fingerprint density at radius 3 is 2.84 bits per heavy atom. The van der Waals surface area contributed by atoms with E-state index in [0.29, 0.717) is 12.2 Å². The first-order valence-corrected chi connectivity index (χ1v) is 7.52. The molecule has 0 aliphatic rings. The molecule has 1 amide bonds. The summed E-state index contributed by atoms with van der Waals surface area (Å²) in [5.74, 6) is 0.598. The van der Waals surface area contributed by atoms with Crippen LogP contribution >= 0.6 is 31.9 Å². The number of nitrogens with zero attached hydrogens (tertiary/aromatic N) is 1. The van der Waals surface area contributed by atoms with E-state index in [1.807, 2.05) is 19.1 Å². The van der Waals surface area contributed by atoms with Crippen molar-refractivity contribution >= 4 is 44.0 Å². The van der Waals surface area contributed by atoms with Gasteiger partial charge in [-0.15, -0.1) is 0 Å². The molecule has 0 saturated heterocycles. The molecule has 104 valence electrons. The summed E-state index contributed by atoms with van der Waals surface area (Å²) in [5, 5.41) is 3.94. The lowest BCUT2D eigenvalue weighted by atomic mass is 10.2. The van der Waals surface area contributed by atoms with Gasteiger partial charge in [-0.25, -0.2) is 5.43 Å². The van der Waals surface area contributed by atoms with Crippen LogP contribution in [-0.4, -0.2) is 19.2 Å². The molecule has 0 aliphatic heterocycles. The third kappa shape index (κ3) is 5.32. The van der Waals surface area contributed by atoms with Gasteiger partial charge >= 0.3 is 0 Å². The summed E-state index contributed by atoms with van der Waals surface area (Å²) in [5.41, 5.74) is 3.28. The largest absolute Gasteiger partial charge is 0.495 e. The van der Waals surface area contributed by atoms with Crippen molar-refractivity contribution in [2.75, 3.05) is 7.11 Å². The van der Waals surface area contributed by atoms with Crippen molar-refractivity contribution in [2.24, 2.45) is 5.10 Å². The second-order valence-electron chi connectivity index (χ2n) is 3.91. The quantitative estimate of drug-likeness (QED) is 0.591. The molecule has 0 atom stereocenters. The van der Waals surface area contributed by atoms with Crippen molar-refractivity contribution in [3.8, 4) is 5.75 Å². The molecule has 19 heavy (non-hydrogen) atoms. The fraction of sp³-hybridized carbons (Fsp3) is 0.385. The summed E-state index contributed by atoms with van der Waals surface area (Å²) in [4.78, 5) is 11.4. The lowest BCUT2D eigenvalue weighted by Gasteiger charge is -2.07. The van der Waals surface area contributed by atoms with E-state index >= 15 is 0 Å². The number of carbonyl (C=O) groups is 1. The molecule has 0 saturated carbocycles. The topological polar surface area (TPSA) is 50.7 Å². The first-order chi connectivity index (χ1) is 9.08. The molecule has 0 bridgehead atoms. The van der Waals surface area contributed by atoms with Crippen molar-refractivity contribution in [3.63, 3.8) is 0 Å². The van der Waals surface area contributed by atoms with E-state index in [0.717, 1.165) is 27.4 Å². The van der Waals surface area contributed by atoms with Gasteiger partial charge in [0.1, 0.15) is 5.75 Å². The number of amides is 1. The lowest BCUT2D eigenvalue weighted by Crippen LogP contribution is -2.16. The number of hydrazone groups is 1. The van der Waals surface area contributed by atoms with Crippen LogP contribution in [0, 0.1) is 0 Å². The summed E-state index contributed by atoms with van der Waals surface area (Å²) in [6, 6.07) is 3.75. The molecule has 0 aromatic heterocycles. The Hall–Kier alpha value is -0.880. The number of unbranched alkanes of at least 4 members (excludes halogenated alkanes) is 1. The molecule has 0 radical (unpaired) electrons. The van der Waals surface area contributed by atoms with Gasteiger partial charge in [-0.05, 0) is 34.5 Å². The predicted molar refractivity (Wildman–Crippen MR) is 83.7 cm³/mol. The minimum atomic E-state index is -0.0777. The molecule has 0 unspecified atom stereocenters. The smallest absolute Gasteiger partial charge is 0.240 e. The fourth-order valence-electron chi connectivity index (χ4n) is 1.46. The fourth-order valence-corrected chi connectivity index (χ4v) is 2.88. The number of benzene rings is 1. The van der Waals surface area contributed by atoms with Crippen molar-refractivity contribution in [3.05, 3.63) is 26.6 Å². The molecular formula is C13H16Br2N2O2. The highest BCUT2D eigenvalue weighted by Gasteiger charge is 2.07. The number of nitrogens with one attached hydrogen (secondary N) is 1. The molecule has 0 spiro atoms. The van der Waals surface area contributed by atoms with Gasteiger partial charge in [0.25, 0.3) is 0 Å². The molecule has 4 nitrogen and oxygen atoms in total. The van der Waals surface area contributed by atoms with Crippen LogP contribution in [0.25, 0.3) is 0 Å². The maximum Gasteiger partial charge on any atom is 0.240 e. The van der Waals surface area contributed by atoms with Crippen molar-refractivity contribution in [1.29, 1.82) is 0 Å². The summed E-state index contributed by atoms with van der Waals surface area (Å²) < 4.78 is 7.01. The highest BCUT2D eigenvalue weighted by molar-refractivity contribution is 9.11. The SMILES string of the molecule is CCCCC(=O)N/N=C/c1cc(Br)cc(Br)c1OC. The molecule has 6 heteroatoms. The van der Waals surface area contributed by atoms with E-state index in [4.69, 9.17) is 4.74 Å². The molecule has 0 aliphatic carbocycles. The molecule has 1 rings (SSSR count). The van der Waals surface area contributed by atoms with E-state index < -0.39 is 0 Å². The van der Waals surface area contributed by atoms with Crippen LogP contribution in [0.3, 0.4) is 0 Å². The van der Waals surface area contributed by atoms with Gasteiger partial charge in [0.05, 0.1) is 17.8 Å². The van der Waals surface area contributed by atoms with E-state index in [2.05, 4.69) is 42.4 Å². The number of hydrogen-bond acceptors (Lipinski definition) is 3. The Labute approximate surface area is 129 Å². The van der Waals surface area contributed by atoms with Crippen LogP contribution in [0.5, 0.6) is 5.75 Å². The van der Waals surface area contributed by atoms with Crippen molar-refractivity contribution in [2.45, 2.75) is 26.2 Å². The minimum Gasteiger partial charge on any atom is -0.495 e. The van der Waals surface area contributed by atoms with Crippen molar-refractivity contribution < 1.29 is 9.53 Å². The number of rotatable bonds is 6. The Bertz CT molecular complexity index is 476. The lowest BCUT2D eigenvalue weighted by molar-refractivity contribution is -0.121. The first kappa shape index (κ1) is 16.2. The normalized spacial score (nSPS) is 10.7. The number of carbonyl (C=O) groups excluding carboxylic acids is 1. The zero-order valence-electron chi connectivity index (χ0n) is 10.9. The molecule has 0 heterocycles. The monoisotopic (exact) mass is 390 g/mol. The average Bonchev–Trinajstić information content (AvgIpc) is 2.36. The van der Waals surface area contributed by atoms with Gasteiger partial charge in [-0.2, -0.15) is 5.10 Å². The van der Waals surface area contributed by atoms with Crippen LogP contribution in [0.15, 0.2) is 26.2 Å². The van der Waals surface area contributed by atoms with E-state index in [1.165, 1.54) is 0 Å². The molecule has 1 aromatic carbocycles. The summed E-state index contributed by atoms with van der Waals surface area (Å²) in [6.45, 7) is 2.04. The highest BCUT2D eigenvalue weighted by Crippen LogP contribution is 2.31. The van der Waals surface area contributed by atoms with Gasteiger partial charge in [-0.3, -0.25) is 4.79 Å². The van der Waals surface area contributed by atoms with Gasteiger partial charge in [0, 0.05) is 16.5 Å². The molecule has 0 fully saturated rings. The molecule has 1 N–H and O–H groups in total. The number of methoxy groups -OCH3 is 1. The minimum absolute atomic E-state index is 0.0777. The van der Waals surface area contributed by atoms with Gasteiger partial charge < -0.3 is 4.74 Å². The Morgan fingerprint density at radius 2 is 2.21 bits per heavy atom. The second kappa shape index (κ2) is 8.32. The molecule has 1 aromatic rings. The van der Waals surface area contributed by atoms with Crippen LogP contribution in [0.4, 0.5) is 0 Å². The van der Waals surface area contributed by atoms with Crippen LogP contribution in [-0.2, 0) is 4.79 Å². The van der Waals surface area contributed by atoms with E-state index in [-0.39, 0.29) is 5.91 Å². The van der Waals surface area contributed by atoms with Crippen LogP contribution in [0.1, 0.15) is 31.7 Å². The predicted octanol–water partition coefficient (Wildman–Crippen LogP) is 3.86. The third-order valence-corrected chi connectivity index (χ3v) is 3.44. The Balaban J connectivity index is 2.73. The zero-order valence-corrected chi connectivity index (χ0v) is 14.0. The van der Waals surface area contributed by atoms with Crippen LogP contribution in [0.2, 0.25) is 0 Å². The van der Waals surface area contributed by atoms with E-state index in [1.54, 1.807) is 13.3 Å². The maximum absolute atomic E-state index is 11.4. The standard InChI is InChI=1S/C13H16Br2N2O2/c1-3-4-5-12(18)17-16-8-9-6-10(14)7-11(15)13(9)19-2/h6-8H,3-5H2,1-2H3,(H,17,18)/b16-8+. The third-order valence-electron chi connectivity index (χ3n) is 2.39. The van der Waals surface area contributed by atoms with Crippen LogP contribution < -0.4 is 10.2 Å². The van der Waals surface area contributed by atoms with Gasteiger partial charge in [-0.1, -0.05) is 29.3 Å². The number of hydrogen-bond donors (Lipinski definition) is 1. The zero-order chi connectivity index (χ0) is 14.3. The number of ether oxygens (including phenoxy) is 1. The second-order valence-corrected chi connectivity index (χ2v) is 5.68. The Morgan fingerprint density at radius 1 is 1.47 bits per heavy atom. The summed E-state index contributed by atoms with van der Waals surface area (Å²) in [7, 11) is 1.59. The Kier molecular flexibility index (Phi) is 7.09. The van der Waals surface area contributed by atoms with Crippen molar-refractivity contribution in [1.82, 2.24) is 5.43 Å².